The highest BCUT2D eigenvalue weighted by molar-refractivity contribution is 6.22. The second-order valence-electron chi connectivity index (χ2n) is 7.54. The number of ketones is 1. The fourth-order valence-electron chi connectivity index (χ4n) is 3.36. The van der Waals surface area contributed by atoms with Crippen LogP contribution in [-0.2, 0) is 9.53 Å². The lowest BCUT2D eigenvalue weighted by molar-refractivity contribution is -0.148. The Morgan fingerprint density at radius 1 is 0.931 bits per heavy atom. The van der Waals surface area contributed by atoms with Crippen molar-refractivity contribution >= 4 is 23.6 Å². The fourth-order valence-corrected chi connectivity index (χ4v) is 3.36. The third-order valence-electron chi connectivity index (χ3n) is 5.15. The summed E-state index contributed by atoms with van der Waals surface area (Å²) in [5.41, 5.74) is 3.00. The van der Waals surface area contributed by atoms with Gasteiger partial charge in [0.05, 0.1) is 11.1 Å². The highest BCUT2D eigenvalue weighted by Gasteiger charge is 2.44. The Kier molecular flexibility index (Phi) is 5.64. The van der Waals surface area contributed by atoms with Gasteiger partial charge in [-0.05, 0) is 49.1 Å². The number of hydrogen-bond donors (Lipinski definition) is 0. The molecule has 150 valence electrons. The molecule has 0 bridgehead atoms. The molecule has 2 amide bonds. The zero-order valence-electron chi connectivity index (χ0n) is 16.9. The zero-order chi connectivity index (χ0) is 21.3. The van der Waals surface area contributed by atoms with E-state index >= 15 is 0 Å². The lowest BCUT2D eigenvalue weighted by Crippen LogP contribution is -2.49. The van der Waals surface area contributed by atoms with Gasteiger partial charge in [-0.2, -0.15) is 0 Å². The van der Waals surface area contributed by atoms with E-state index in [9.17, 15) is 19.2 Å². The van der Waals surface area contributed by atoms with Crippen LogP contribution in [0.15, 0.2) is 42.5 Å². The van der Waals surface area contributed by atoms with E-state index in [1.807, 2.05) is 19.9 Å². The molecule has 0 spiro atoms. The number of benzene rings is 2. The van der Waals surface area contributed by atoms with Crippen LogP contribution in [0.2, 0.25) is 0 Å². The molecule has 6 nitrogen and oxygen atoms in total. The van der Waals surface area contributed by atoms with Crippen LogP contribution in [-0.4, -0.2) is 41.1 Å². The molecule has 0 radical (unpaired) electrons. The fraction of sp³-hybridized carbons (Fsp3) is 0.304. The first-order valence-corrected chi connectivity index (χ1v) is 9.46. The van der Waals surface area contributed by atoms with E-state index in [1.165, 1.54) is 0 Å². The molecule has 0 aromatic heterocycles. The summed E-state index contributed by atoms with van der Waals surface area (Å²) in [5.74, 6) is -2.54. The van der Waals surface area contributed by atoms with Gasteiger partial charge in [0.15, 0.2) is 12.4 Å². The lowest BCUT2D eigenvalue weighted by Gasteiger charge is -2.27. The molecule has 2 aromatic carbocycles. The van der Waals surface area contributed by atoms with Crippen LogP contribution in [0, 0.1) is 19.8 Å². The number of carbonyl (C=O) groups excluding carboxylic acids is 4. The van der Waals surface area contributed by atoms with Gasteiger partial charge in [0.1, 0.15) is 6.04 Å². The number of aryl methyl sites for hydroxylation is 2. The largest absolute Gasteiger partial charge is 0.456 e. The predicted octanol–water partition coefficient (Wildman–Crippen LogP) is 3.35. The van der Waals surface area contributed by atoms with E-state index < -0.39 is 30.4 Å². The van der Waals surface area contributed by atoms with Crippen molar-refractivity contribution in [1.29, 1.82) is 0 Å². The summed E-state index contributed by atoms with van der Waals surface area (Å²) in [6, 6.07) is 10.6. The minimum Gasteiger partial charge on any atom is -0.456 e. The van der Waals surface area contributed by atoms with Gasteiger partial charge in [0, 0.05) is 5.56 Å². The third kappa shape index (κ3) is 3.83. The van der Waals surface area contributed by atoms with E-state index in [2.05, 4.69) is 0 Å². The number of Topliss-reactive ketones (excluding diaryl/α,β-unsaturated/α-hetero) is 1. The van der Waals surface area contributed by atoms with Crippen molar-refractivity contribution in [3.05, 3.63) is 70.3 Å². The Morgan fingerprint density at radius 3 is 2.03 bits per heavy atom. The standard InChI is InChI=1S/C23H23NO5/c1-13(2)20(24-21(26)17-7-5-6-8-18(17)22(24)27)23(28)29-12-19(25)16-10-9-14(3)15(4)11-16/h5-11,13,20H,12H2,1-4H3/t20-/m0/s1. The van der Waals surface area contributed by atoms with Crippen LogP contribution >= 0.6 is 0 Å². The quantitative estimate of drug-likeness (QED) is 0.427. The monoisotopic (exact) mass is 393 g/mol. The van der Waals surface area contributed by atoms with E-state index in [1.54, 1.807) is 50.2 Å². The van der Waals surface area contributed by atoms with Gasteiger partial charge in [-0.1, -0.05) is 38.1 Å². The maximum absolute atomic E-state index is 12.8. The summed E-state index contributed by atoms with van der Waals surface area (Å²) >= 11 is 0. The van der Waals surface area contributed by atoms with Crippen molar-refractivity contribution in [3.63, 3.8) is 0 Å². The summed E-state index contributed by atoms with van der Waals surface area (Å²) in [6.45, 7) is 6.84. The van der Waals surface area contributed by atoms with Crippen LogP contribution in [0.5, 0.6) is 0 Å². The second-order valence-corrected chi connectivity index (χ2v) is 7.54. The average molecular weight is 393 g/mol. The normalized spacial score (nSPS) is 14.2. The van der Waals surface area contributed by atoms with Crippen molar-refractivity contribution in [1.82, 2.24) is 4.90 Å². The molecule has 1 heterocycles. The van der Waals surface area contributed by atoms with E-state index in [0.29, 0.717) is 5.56 Å². The van der Waals surface area contributed by atoms with Crippen LogP contribution in [0.1, 0.15) is 56.0 Å². The molecule has 1 atom stereocenters. The molecule has 0 aliphatic carbocycles. The number of fused-ring (bicyclic) bond motifs is 1. The molecule has 0 saturated carbocycles. The second kappa shape index (κ2) is 7.99. The van der Waals surface area contributed by atoms with Gasteiger partial charge in [0.25, 0.3) is 11.8 Å². The van der Waals surface area contributed by atoms with Gasteiger partial charge in [-0.15, -0.1) is 0 Å². The Labute approximate surface area is 169 Å². The van der Waals surface area contributed by atoms with Gasteiger partial charge < -0.3 is 4.74 Å². The number of carbonyl (C=O) groups is 4. The first-order valence-electron chi connectivity index (χ1n) is 9.46. The number of rotatable bonds is 6. The zero-order valence-corrected chi connectivity index (χ0v) is 16.9. The summed E-state index contributed by atoms with van der Waals surface area (Å²) in [4.78, 5) is 51.5. The molecular formula is C23H23NO5. The number of esters is 1. The molecule has 3 rings (SSSR count). The van der Waals surface area contributed by atoms with Crippen LogP contribution in [0.4, 0.5) is 0 Å². The maximum Gasteiger partial charge on any atom is 0.330 e. The van der Waals surface area contributed by atoms with Gasteiger partial charge in [-0.25, -0.2) is 4.79 Å². The topological polar surface area (TPSA) is 80.8 Å². The van der Waals surface area contributed by atoms with Gasteiger partial charge in [-0.3, -0.25) is 19.3 Å². The molecule has 1 aliphatic rings. The minimum atomic E-state index is -1.10. The Hall–Kier alpha value is -3.28. The van der Waals surface area contributed by atoms with E-state index in [4.69, 9.17) is 4.74 Å². The van der Waals surface area contributed by atoms with Crippen molar-refractivity contribution in [2.45, 2.75) is 33.7 Å². The van der Waals surface area contributed by atoms with E-state index in [0.717, 1.165) is 16.0 Å². The number of imide groups is 1. The van der Waals surface area contributed by atoms with Crippen LogP contribution < -0.4 is 0 Å². The summed E-state index contributed by atoms with van der Waals surface area (Å²) in [6.07, 6.45) is 0. The number of ether oxygens (including phenoxy) is 1. The first-order chi connectivity index (χ1) is 13.7. The number of amides is 2. The van der Waals surface area contributed by atoms with Crippen molar-refractivity contribution in [2.24, 2.45) is 5.92 Å². The Balaban J connectivity index is 1.75. The van der Waals surface area contributed by atoms with Gasteiger partial charge in [0.2, 0.25) is 0 Å². The van der Waals surface area contributed by atoms with Crippen molar-refractivity contribution < 1.29 is 23.9 Å². The van der Waals surface area contributed by atoms with E-state index in [-0.39, 0.29) is 22.8 Å². The smallest absolute Gasteiger partial charge is 0.330 e. The summed E-state index contributed by atoms with van der Waals surface area (Å²) in [5, 5.41) is 0. The summed E-state index contributed by atoms with van der Waals surface area (Å²) in [7, 11) is 0. The molecule has 1 aliphatic heterocycles. The van der Waals surface area contributed by atoms with Crippen molar-refractivity contribution in [3.8, 4) is 0 Å². The van der Waals surface area contributed by atoms with Crippen molar-refractivity contribution in [2.75, 3.05) is 6.61 Å². The molecular weight excluding hydrogens is 370 g/mol. The molecule has 0 unspecified atom stereocenters. The van der Waals surface area contributed by atoms with Gasteiger partial charge >= 0.3 is 5.97 Å². The van der Waals surface area contributed by atoms with Crippen LogP contribution in [0.3, 0.4) is 0 Å². The SMILES string of the molecule is Cc1ccc(C(=O)COC(=O)[C@H](C(C)C)N2C(=O)c3ccccc3C2=O)cc1C. The van der Waals surface area contributed by atoms with Crippen LogP contribution in [0.25, 0.3) is 0 Å². The molecule has 6 heteroatoms. The Bertz CT molecular complexity index is 973. The number of nitrogens with zero attached hydrogens (tertiary/aromatic N) is 1. The average Bonchev–Trinajstić information content (AvgIpc) is 2.93. The maximum atomic E-state index is 12.8. The molecule has 0 saturated heterocycles. The molecule has 29 heavy (non-hydrogen) atoms. The highest BCUT2D eigenvalue weighted by atomic mass is 16.5. The summed E-state index contributed by atoms with van der Waals surface area (Å²) < 4.78 is 5.23. The Morgan fingerprint density at radius 2 is 1.52 bits per heavy atom. The lowest BCUT2D eigenvalue weighted by atomic mass is 10.0. The molecule has 2 aromatic rings. The minimum absolute atomic E-state index is 0.266. The number of hydrogen-bond acceptors (Lipinski definition) is 5. The third-order valence-corrected chi connectivity index (χ3v) is 5.15. The first kappa shape index (κ1) is 20.5. The molecule has 0 N–H and O–H groups in total. The predicted molar refractivity (Wildman–Crippen MR) is 107 cm³/mol. The molecule has 0 fully saturated rings. The highest BCUT2D eigenvalue weighted by Crippen LogP contribution is 2.27.